The Morgan fingerprint density at radius 3 is 2.75 bits per heavy atom. The van der Waals surface area contributed by atoms with Gasteiger partial charge in [-0.05, 0) is 42.8 Å². The summed E-state index contributed by atoms with van der Waals surface area (Å²) in [5.74, 6) is 0.604. The number of ether oxygens (including phenoxy) is 2. The van der Waals surface area contributed by atoms with Crippen molar-refractivity contribution in [2.24, 2.45) is 5.10 Å². The van der Waals surface area contributed by atoms with Gasteiger partial charge in [0, 0.05) is 10.6 Å². The van der Waals surface area contributed by atoms with Gasteiger partial charge in [0.25, 0.3) is 5.91 Å². The molecule has 1 amide bonds. The molecule has 0 bridgehead atoms. The molecule has 2 aromatic carbocycles. The maximum Gasteiger partial charge on any atom is 0.271 e. The summed E-state index contributed by atoms with van der Waals surface area (Å²) in [6, 6.07) is 9.98. The Kier molecular flexibility index (Phi) is 6.46. The first-order chi connectivity index (χ1) is 11.5. The van der Waals surface area contributed by atoms with E-state index in [0.29, 0.717) is 39.3 Å². The predicted octanol–water partition coefficient (Wildman–Crippen LogP) is 4.16. The molecule has 7 heteroatoms. The number of methoxy groups -OCH3 is 1. The predicted molar refractivity (Wildman–Crippen MR) is 95.7 cm³/mol. The van der Waals surface area contributed by atoms with E-state index in [2.05, 4.69) is 10.5 Å². The maximum atomic E-state index is 12.0. The van der Waals surface area contributed by atoms with Crippen molar-refractivity contribution in [2.75, 3.05) is 13.7 Å². The second-order valence-electron chi connectivity index (χ2n) is 4.68. The molecule has 0 unspecified atom stereocenters. The molecule has 2 rings (SSSR count). The molecule has 0 aliphatic carbocycles. The lowest BCUT2D eigenvalue weighted by Crippen LogP contribution is -2.17. The Labute approximate surface area is 150 Å². The van der Waals surface area contributed by atoms with Gasteiger partial charge in [-0.2, -0.15) is 5.10 Å². The lowest BCUT2D eigenvalue weighted by atomic mass is 10.2. The van der Waals surface area contributed by atoms with Crippen molar-refractivity contribution in [1.82, 2.24) is 5.43 Å². The quantitative estimate of drug-likeness (QED) is 0.616. The molecule has 24 heavy (non-hydrogen) atoms. The minimum absolute atomic E-state index is 0.363. The smallest absolute Gasteiger partial charge is 0.271 e. The minimum atomic E-state index is -0.363. The van der Waals surface area contributed by atoms with Gasteiger partial charge in [0.2, 0.25) is 0 Å². The van der Waals surface area contributed by atoms with Crippen LogP contribution in [-0.2, 0) is 0 Å². The zero-order valence-corrected chi connectivity index (χ0v) is 14.7. The summed E-state index contributed by atoms with van der Waals surface area (Å²) in [6.07, 6.45) is 1.47. The standard InChI is InChI=1S/C17H16Cl2N2O3/c1-3-24-15-8-11(7-14(19)16(15)23-2)10-20-21-17(22)12-5-4-6-13(18)9-12/h4-10H,3H2,1-2H3,(H,21,22)/b20-10-. The van der Waals surface area contributed by atoms with Crippen LogP contribution in [0.4, 0.5) is 0 Å². The first-order valence-corrected chi connectivity index (χ1v) is 7.90. The van der Waals surface area contributed by atoms with Crippen LogP contribution in [0.5, 0.6) is 11.5 Å². The van der Waals surface area contributed by atoms with E-state index in [9.17, 15) is 4.79 Å². The highest BCUT2D eigenvalue weighted by Crippen LogP contribution is 2.35. The van der Waals surface area contributed by atoms with Crippen molar-refractivity contribution in [2.45, 2.75) is 6.92 Å². The van der Waals surface area contributed by atoms with E-state index in [1.54, 1.807) is 36.4 Å². The Morgan fingerprint density at radius 2 is 2.08 bits per heavy atom. The summed E-state index contributed by atoms with van der Waals surface area (Å²) in [6.45, 7) is 2.33. The molecule has 0 saturated carbocycles. The maximum absolute atomic E-state index is 12.0. The Bertz CT molecular complexity index is 763. The van der Waals surface area contributed by atoms with Gasteiger partial charge in [0.1, 0.15) is 0 Å². The highest BCUT2D eigenvalue weighted by atomic mass is 35.5. The molecule has 0 saturated heterocycles. The van der Waals surface area contributed by atoms with Gasteiger partial charge in [-0.15, -0.1) is 0 Å². The van der Waals surface area contributed by atoms with Gasteiger partial charge >= 0.3 is 0 Å². The molecule has 0 spiro atoms. The lowest BCUT2D eigenvalue weighted by Gasteiger charge is -2.11. The fraction of sp³-hybridized carbons (Fsp3) is 0.176. The van der Waals surface area contributed by atoms with E-state index in [4.69, 9.17) is 32.7 Å². The first-order valence-electron chi connectivity index (χ1n) is 7.14. The molecule has 5 nitrogen and oxygen atoms in total. The minimum Gasteiger partial charge on any atom is -0.491 e. The van der Waals surface area contributed by atoms with E-state index < -0.39 is 0 Å². The number of hydrazone groups is 1. The van der Waals surface area contributed by atoms with E-state index in [1.165, 1.54) is 13.3 Å². The SMILES string of the molecule is CCOc1cc(/C=N\NC(=O)c2cccc(Cl)c2)cc(Cl)c1OC. The molecule has 2 aromatic rings. The van der Waals surface area contributed by atoms with Crippen LogP contribution in [0.3, 0.4) is 0 Å². The third-order valence-corrected chi connectivity index (χ3v) is 3.52. The van der Waals surface area contributed by atoms with E-state index >= 15 is 0 Å². The summed E-state index contributed by atoms with van der Waals surface area (Å²) >= 11 is 12.0. The number of halogens is 2. The van der Waals surface area contributed by atoms with E-state index in [-0.39, 0.29) is 5.91 Å². The highest BCUT2D eigenvalue weighted by molar-refractivity contribution is 6.32. The van der Waals surface area contributed by atoms with E-state index in [1.807, 2.05) is 6.92 Å². The van der Waals surface area contributed by atoms with Gasteiger partial charge in [-0.3, -0.25) is 4.79 Å². The fourth-order valence-corrected chi connectivity index (χ4v) is 2.47. The van der Waals surface area contributed by atoms with Crippen LogP contribution in [0, 0.1) is 0 Å². The largest absolute Gasteiger partial charge is 0.491 e. The van der Waals surface area contributed by atoms with Gasteiger partial charge < -0.3 is 9.47 Å². The molecule has 126 valence electrons. The van der Waals surface area contributed by atoms with Crippen LogP contribution in [0.2, 0.25) is 10.0 Å². The van der Waals surface area contributed by atoms with Gasteiger partial charge in [0.15, 0.2) is 11.5 Å². The molecule has 1 N–H and O–H groups in total. The zero-order valence-electron chi connectivity index (χ0n) is 13.2. The number of hydrogen-bond donors (Lipinski definition) is 1. The van der Waals surface area contributed by atoms with Gasteiger partial charge in [-0.1, -0.05) is 29.3 Å². The second kappa shape index (κ2) is 8.57. The molecule has 0 atom stereocenters. The van der Waals surface area contributed by atoms with Gasteiger partial charge in [0.05, 0.1) is 25.0 Å². The Hall–Kier alpha value is -2.24. The molecule has 0 heterocycles. The van der Waals surface area contributed by atoms with Crippen molar-refractivity contribution in [3.63, 3.8) is 0 Å². The average molecular weight is 367 g/mol. The summed E-state index contributed by atoms with van der Waals surface area (Å²) < 4.78 is 10.7. The number of nitrogens with zero attached hydrogens (tertiary/aromatic N) is 1. The Balaban J connectivity index is 2.12. The Morgan fingerprint density at radius 1 is 1.29 bits per heavy atom. The average Bonchev–Trinajstić information content (AvgIpc) is 2.55. The van der Waals surface area contributed by atoms with Crippen molar-refractivity contribution in [1.29, 1.82) is 0 Å². The van der Waals surface area contributed by atoms with Crippen molar-refractivity contribution >= 4 is 35.3 Å². The summed E-state index contributed by atoms with van der Waals surface area (Å²) in [4.78, 5) is 12.0. The number of carbonyl (C=O) groups is 1. The third-order valence-electron chi connectivity index (χ3n) is 3.00. The molecular formula is C17H16Cl2N2O3. The number of benzene rings is 2. The molecule has 0 aliphatic rings. The number of amides is 1. The molecular weight excluding hydrogens is 351 g/mol. The molecule has 0 aliphatic heterocycles. The van der Waals surface area contributed by atoms with Crippen molar-refractivity contribution in [3.8, 4) is 11.5 Å². The number of rotatable bonds is 6. The summed E-state index contributed by atoms with van der Waals surface area (Å²) in [5.41, 5.74) is 3.51. The van der Waals surface area contributed by atoms with E-state index in [0.717, 1.165) is 0 Å². The number of carbonyl (C=O) groups excluding carboxylic acids is 1. The first kappa shape index (κ1) is 18.1. The topological polar surface area (TPSA) is 59.9 Å². The molecule has 0 fully saturated rings. The van der Waals surface area contributed by atoms with Crippen LogP contribution < -0.4 is 14.9 Å². The van der Waals surface area contributed by atoms with Crippen LogP contribution in [0.15, 0.2) is 41.5 Å². The highest BCUT2D eigenvalue weighted by Gasteiger charge is 2.11. The monoisotopic (exact) mass is 366 g/mol. The van der Waals surface area contributed by atoms with Crippen LogP contribution in [-0.4, -0.2) is 25.8 Å². The molecule has 0 radical (unpaired) electrons. The summed E-state index contributed by atoms with van der Waals surface area (Å²) in [7, 11) is 1.52. The van der Waals surface area contributed by atoms with Crippen molar-refractivity contribution < 1.29 is 14.3 Å². The number of nitrogens with one attached hydrogen (secondary N) is 1. The van der Waals surface area contributed by atoms with Crippen LogP contribution >= 0.6 is 23.2 Å². The normalized spacial score (nSPS) is 10.7. The lowest BCUT2D eigenvalue weighted by molar-refractivity contribution is 0.0955. The fourth-order valence-electron chi connectivity index (χ4n) is 1.98. The number of hydrogen-bond acceptors (Lipinski definition) is 4. The van der Waals surface area contributed by atoms with Crippen LogP contribution in [0.1, 0.15) is 22.8 Å². The second-order valence-corrected chi connectivity index (χ2v) is 5.52. The third kappa shape index (κ3) is 4.63. The van der Waals surface area contributed by atoms with Gasteiger partial charge in [-0.25, -0.2) is 5.43 Å². The summed E-state index contributed by atoms with van der Waals surface area (Å²) in [5, 5.41) is 4.80. The van der Waals surface area contributed by atoms with Crippen molar-refractivity contribution in [3.05, 3.63) is 57.6 Å². The molecule has 0 aromatic heterocycles. The van der Waals surface area contributed by atoms with Crippen LogP contribution in [0.25, 0.3) is 0 Å². The zero-order chi connectivity index (χ0) is 17.5.